The van der Waals surface area contributed by atoms with Crippen LogP contribution in [-0.4, -0.2) is 23.3 Å². The highest BCUT2D eigenvalue weighted by Gasteiger charge is 2.28. The Morgan fingerprint density at radius 1 is 1.38 bits per heavy atom. The van der Waals surface area contributed by atoms with Crippen LogP contribution >= 0.6 is 0 Å². The summed E-state index contributed by atoms with van der Waals surface area (Å²) in [6.07, 6.45) is -0.189. The van der Waals surface area contributed by atoms with Crippen molar-refractivity contribution in [3.63, 3.8) is 0 Å². The average molecular weight is 303 g/mol. The first-order valence-corrected chi connectivity index (χ1v) is 6.66. The molecule has 0 spiro atoms. The normalized spacial score (nSPS) is 15.4. The van der Waals surface area contributed by atoms with Gasteiger partial charge in [0.25, 0.3) is 5.56 Å². The quantitative estimate of drug-likeness (QED) is 0.896. The lowest BCUT2D eigenvalue weighted by molar-refractivity contribution is -0.141. The van der Waals surface area contributed by atoms with Gasteiger partial charge >= 0.3 is 12.2 Å². The highest BCUT2D eigenvalue weighted by atomic mass is 19.4. The average Bonchev–Trinajstić information content (AvgIpc) is 2.30. The molecule has 0 saturated heterocycles. The molecule has 1 aliphatic carbocycles. The number of alkyl halides is 3. The second-order valence-electron chi connectivity index (χ2n) is 5.10. The van der Waals surface area contributed by atoms with Crippen molar-refractivity contribution < 1.29 is 18.0 Å². The van der Waals surface area contributed by atoms with Crippen molar-refractivity contribution in [2.45, 2.75) is 32.0 Å². The van der Waals surface area contributed by atoms with E-state index in [-0.39, 0.29) is 5.69 Å². The van der Waals surface area contributed by atoms with Gasteiger partial charge in [-0.3, -0.25) is 4.79 Å². The number of hydrogen-bond donors (Lipinski definition) is 2. The summed E-state index contributed by atoms with van der Waals surface area (Å²) in [6.45, 7) is -0.875. The van der Waals surface area contributed by atoms with Crippen LogP contribution in [0.2, 0.25) is 0 Å². The summed E-state index contributed by atoms with van der Waals surface area (Å²) in [5.41, 5.74) is -1.05. The summed E-state index contributed by atoms with van der Waals surface area (Å²) in [7, 11) is 0. The van der Waals surface area contributed by atoms with Gasteiger partial charge in [-0.2, -0.15) is 13.2 Å². The molecule has 0 bridgehead atoms. The Labute approximate surface area is 119 Å². The third kappa shape index (κ3) is 4.51. The largest absolute Gasteiger partial charge is 0.406 e. The van der Waals surface area contributed by atoms with E-state index in [1.807, 2.05) is 0 Å². The summed E-state index contributed by atoms with van der Waals surface area (Å²) in [6, 6.07) is 1.98. The monoisotopic (exact) mass is 303 g/mol. The van der Waals surface area contributed by atoms with Crippen LogP contribution in [0.25, 0.3) is 0 Å². The van der Waals surface area contributed by atoms with E-state index in [1.54, 1.807) is 0 Å². The van der Waals surface area contributed by atoms with Gasteiger partial charge in [0, 0.05) is 12.7 Å². The van der Waals surface area contributed by atoms with Crippen molar-refractivity contribution in [2.75, 3.05) is 11.9 Å². The van der Waals surface area contributed by atoms with E-state index in [2.05, 4.69) is 10.6 Å². The van der Waals surface area contributed by atoms with Gasteiger partial charge in [-0.25, -0.2) is 4.79 Å². The Bertz CT molecular complexity index is 565. The van der Waals surface area contributed by atoms with Crippen LogP contribution in [0.15, 0.2) is 23.1 Å². The van der Waals surface area contributed by atoms with E-state index in [0.717, 1.165) is 25.5 Å². The zero-order chi connectivity index (χ0) is 15.5. The molecule has 1 aliphatic rings. The van der Waals surface area contributed by atoms with Crippen LogP contribution in [0, 0.1) is 5.92 Å². The number of amides is 2. The number of carbonyl (C=O) groups excluding carboxylic acids is 1. The van der Waals surface area contributed by atoms with Crippen LogP contribution < -0.4 is 16.2 Å². The molecule has 1 aromatic rings. The molecule has 0 aromatic carbocycles. The number of hydrogen-bond acceptors (Lipinski definition) is 2. The van der Waals surface area contributed by atoms with Gasteiger partial charge in [-0.1, -0.05) is 6.42 Å². The predicted molar refractivity (Wildman–Crippen MR) is 71.1 cm³/mol. The van der Waals surface area contributed by atoms with Crippen LogP contribution in [0.3, 0.4) is 0 Å². The van der Waals surface area contributed by atoms with E-state index in [9.17, 15) is 22.8 Å². The Balaban J connectivity index is 1.97. The van der Waals surface area contributed by atoms with E-state index < -0.39 is 24.3 Å². The number of nitrogens with zero attached hydrogens (tertiary/aromatic N) is 1. The molecular weight excluding hydrogens is 287 g/mol. The Kier molecular flexibility index (Phi) is 4.54. The summed E-state index contributed by atoms with van der Waals surface area (Å²) >= 11 is 0. The first kappa shape index (κ1) is 15.4. The fourth-order valence-corrected chi connectivity index (χ4v) is 2.05. The van der Waals surface area contributed by atoms with Crippen molar-refractivity contribution in [1.29, 1.82) is 0 Å². The van der Waals surface area contributed by atoms with Gasteiger partial charge in [0.15, 0.2) is 0 Å². The van der Waals surface area contributed by atoms with Gasteiger partial charge in [0.2, 0.25) is 0 Å². The van der Waals surface area contributed by atoms with E-state index in [4.69, 9.17) is 0 Å². The van der Waals surface area contributed by atoms with E-state index in [0.29, 0.717) is 17.0 Å². The molecule has 0 atom stereocenters. The highest BCUT2D eigenvalue weighted by Crippen LogP contribution is 2.25. The third-order valence-electron chi connectivity index (χ3n) is 3.39. The first-order chi connectivity index (χ1) is 9.85. The predicted octanol–water partition coefficient (Wildman–Crippen LogP) is 2.33. The molecule has 1 aromatic heterocycles. The number of urea groups is 1. The number of carbonyl (C=O) groups is 1. The van der Waals surface area contributed by atoms with Crippen LogP contribution in [-0.2, 0) is 6.54 Å². The smallest absolute Gasteiger partial charge is 0.338 e. The molecule has 2 N–H and O–H groups in total. The molecule has 1 saturated carbocycles. The zero-order valence-electron chi connectivity index (χ0n) is 11.2. The molecular formula is C13H16F3N3O2. The summed E-state index contributed by atoms with van der Waals surface area (Å²) in [4.78, 5) is 23.4. The van der Waals surface area contributed by atoms with Gasteiger partial charge in [-0.05, 0) is 30.9 Å². The molecule has 116 valence electrons. The molecule has 21 heavy (non-hydrogen) atoms. The Hall–Kier alpha value is -1.99. The van der Waals surface area contributed by atoms with Crippen molar-refractivity contribution >= 4 is 11.7 Å². The summed E-state index contributed by atoms with van der Waals surface area (Å²) < 4.78 is 37.4. The Morgan fingerprint density at radius 2 is 2.10 bits per heavy atom. The van der Waals surface area contributed by atoms with Crippen molar-refractivity contribution in [3.05, 3.63) is 28.7 Å². The fourth-order valence-electron chi connectivity index (χ4n) is 2.05. The lowest BCUT2D eigenvalue weighted by Gasteiger charge is -2.25. The highest BCUT2D eigenvalue weighted by molar-refractivity contribution is 5.88. The standard InChI is InChI=1S/C13H16F3N3O2/c14-13(15,16)8-19-6-2-5-10(11(19)20)18-12(21)17-7-9-3-1-4-9/h2,5-6,9H,1,3-4,7-8H2,(H2,17,18,21). The maximum Gasteiger partial charge on any atom is 0.406 e. The number of rotatable bonds is 4. The molecule has 2 amide bonds. The second kappa shape index (κ2) is 6.19. The molecule has 0 unspecified atom stereocenters. The molecule has 8 heteroatoms. The van der Waals surface area contributed by atoms with E-state index in [1.165, 1.54) is 12.1 Å². The summed E-state index contributed by atoms with van der Waals surface area (Å²) in [5.74, 6) is 0.452. The van der Waals surface area contributed by atoms with Crippen molar-refractivity contribution in [1.82, 2.24) is 9.88 Å². The second-order valence-corrected chi connectivity index (χ2v) is 5.10. The van der Waals surface area contributed by atoms with Gasteiger partial charge in [0.05, 0.1) is 0 Å². The van der Waals surface area contributed by atoms with Gasteiger partial charge in [0.1, 0.15) is 12.2 Å². The summed E-state index contributed by atoms with van der Waals surface area (Å²) in [5, 5.41) is 4.90. The van der Waals surface area contributed by atoms with Crippen LogP contribution in [0.5, 0.6) is 0 Å². The maximum absolute atomic E-state index is 12.3. The SMILES string of the molecule is O=C(NCC1CCC1)Nc1cccn(CC(F)(F)F)c1=O. The van der Waals surface area contributed by atoms with E-state index >= 15 is 0 Å². The molecule has 1 fully saturated rings. The molecule has 1 heterocycles. The minimum absolute atomic E-state index is 0.173. The molecule has 0 radical (unpaired) electrons. The number of pyridine rings is 1. The van der Waals surface area contributed by atoms with Gasteiger partial charge in [-0.15, -0.1) is 0 Å². The first-order valence-electron chi connectivity index (χ1n) is 6.66. The van der Waals surface area contributed by atoms with Gasteiger partial charge < -0.3 is 15.2 Å². The minimum atomic E-state index is -4.49. The number of nitrogens with one attached hydrogen (secondary N) is 2. The lowest BCUT2D eigenvalue weighted by atomic mass is 9.85. The maximum atomic E-state index is 12.3. The minimum Gasteiger partial charge on any atom is -0.338 e. The molecule has 2 rings (SSSR count). The Morgan fingerprint density at radius 3 is 2.67 bits per heavy atom. The lowest BCUT2D eigenvalue weighted by Crippen LogP contribution is -2.37. The molecule has 0 aliphatic heterocycles. The number of aromatic nitrogens is 1. The number of anilines is 1. The van der Waals surface area contributed by atoms with Crippen molar-refractivity contribution in [3.8, 4) is 0 Å². The number of halogens is 3. The molecule has 5 nitrogen and oxygen atoms in total. The van der Waals surface area contributed by atoms with Crippen molar-refractivity contribution in [2.24, 2.45) is 5.92 Å². The third-order valence-corrected chi connectivity index (χ3v) is 3.39. The van der Waals surface area contributed by atoms with Crippen LogP contribution in [0.1, 0.15) is 19.3 Å². The topological polar surface area (TPSA) is 63.1 Å². The van der Waals surface area contributed by atoms with Crippen LogP contribution in [0.4, 0.5) is 23.7 Å². The fraction of sp³-hybridized carbons (Fsp3) is 0.538. The zero-order valence-corrected chi connectivity index (χ0v) is 11.2.